The molecule has 0 saturated heterocycles. The van der Waals surface area contributed by atoms with Crippen LogP contribution in [0, 0.1) is 0 Å². The van der Waals surface area contributed by atoms with Crippen LogP contribution in [-0.4, -0.2) is 30.7 Å². The van der Waals surface area contributed by atoms with E-state index >= 15 is 0 Å². The number of imidazole rings is 2. The smallest absolute Gasteiger partial charge is 0.301 e. The maximum Gasteiger partial charge on any atom is 0.702 e. The first-order valence-electron chi connectivity index (χ1n) is 6.25. The van der Waals surface area contributed by atoms with Crippen LogP contribution in [0.4, 0.5) is 0 Å². The summed E-state index contributed by atoms with van der Waals surface area (Å²) in [4.78, 5) is 30.8. The molecule has 9 nitrogen and oxygen atoms in total. The zero-order valence-electron chi connectivity index (χ0n) is 11.9. The normalized spacial score (nSPS) is 14.4. The molecule has 0 amide bonds. The van der Waals surface area contributed by atoms with E-state index in [0.29, 0.717) is 0 Å². The van der Waals surface area contributed by atoms with Crippen molar-refractivity contribution in [1.29, 1.82) is 0 Å². The molecule has 2 atom stereocenters. The van der Waals surface area contributed by atoms with Crippen molar-refractivity contribution in [2.75, 3.05) is 0 Å². The van der Waals surface area contributed by atoms with Crippen molar-refractivity contribution in [3.8, 4) is 0 Å². The molecule has 0 fully saturated rings. The van der Waals surface area contributed by atoms with E-state index in [1.54, 1.807) is 0 Å². The monoisotopic (exact) mass is 325 g/mol. The zero-order valence-corrected chi connectivity index (χ0v) is 12.8. The predicted molar refractivity (Wildman–Crippen MR) is 73.7 cm³/mol. The summed E-state index contributed by atoms with van der Waals surface area (Å²) >= 11 is 0. The van der Waals surface area contributed by atoms with Gasteiger partial charge in [-0.15, -0.1) is 0 Å². The average Bonchev–Trinajstić information content (AvgIpc) is 3.14. The summed E-state index contributed by atoms with van der Waals surface area (Å²) in [5, 5.41) is 0. The van der Waals surface area contributed by atoms with Gasteiger partial charge in [0.05, 0.1) is 12.7 Å². The van der Waals surface area contributed by atoms with Gasteiger partial charge in [-0.05, 0) is 13.8 Å². The highest BCUT2D eigenvalue weighted by Crippen LogP contribution is 2.35. The van der Waals surface area contributed by atoms with E-state index in [9.17, 15) is 14.2 Å². The summed E-state index contributed by atoms with van der Waals surface area (Å²) < 4.78 is 24.9. The Morgan fingerprint density at radius 2 is 1.36 bits per heavy atom. The summed E-state index contributed by atoms with van der Waals surface area (Å²) in [7, 11) is -2.72. The first-order chi connectivity index (χ1) is 10.5. The van der Waals surface area contributed by atoms with Crippen molar-refractivity contribution in [2.45, 2.75) is 26.3 Å². The number of hydrogen-bond acceptors (Lipinski definition) is 7. The molecular formula is C12H14N4O5P+. The quantitative estimate of drug-likeness (QED) is 0.679. The van der Waals surface area contributed by atoms with Gasteiger partial charge in [-0.1, -0.05) is 9.05 Å². The predicted octanol–water partition coefficient (Wildman–Crippen LogP) is 1.65. The van der Waals surface area contributed by atoms with Gasteiger partial charge >= 0.3 is 8.25 Å². The van der Waals surface area contributed by atoms with Gasteiger partial charge in [0.25, 0.3) is 12.5 Å². The van der Waals surface area contributed by atoms with Crippen LogP contribution in [-0.2, 0) is 23.2 Å². The van der Waals surface area contributed by atoms with Crippen molar-refractivity contribution in [3.05, 3.63) is 37.4 Å². The fraction of sp³-hybridized carbons (Fsp3) is 0.333. The Kier molecular flexibility index (Phi) is 5.26. The molecular weight excluding hydrogens is 311 g/mol. The number of nitrogens with zero attached hydrogens (tertiary/aromatic N) is 4. The van der Waals surface area contributed by atoms with Crippen LogP contribution in [0.1, 0.15) is 26.3 Å². The molecule has 0 spiro atoms. The minimum atomic E-state index is -2.72. The Morgan fingerprint density at radius 3 is 1.64 bits per heavy atom. The fourth-order valence-electron chi connectivity index (χ4n) is 1.68. The molecule has 2 aromatic rings. The molecule has 2 rings (SSSR count). The van der Waals surface area contributed by atoms with Crippen LogP contribution in [0.15, 0.2) is 37.4 Å². The number of carbonyl (C=O) groups is 2. The second-order valence-corrected chi connectivity index (χ2v) is 5.25. The van der Waals surface area contributed by atoms with Crippen LogP contribution < -0.4 is 0 Å². The van der Waals surface area contributed by atoms with Gasteiger partial charge in [0.15, 0.2) is 11.6 Å². The molecule has 0 radical (unpaired) electrons. The topological polar surface area (TPSA) is 105 Å². The minimum Gasteiger partial charge on any atom is -0.301 e. The second-order valence-electron chi connectivity index (χ2n) is 4.38. The zero-order chi connectivity index (χ0) is 16.1. The standard InChI is InChI=1S/C12H14N4O5P/c1-9(17)11(15-5-3-13-7-15)20-22(19)21-12(10(2)18)16-6-4-14-8-16/h3-8,11-12H,1-2H3/q+1. The molecule has 0 aromatic carbocycles. The molecule has 22 heavy (non-hydrogen) atoms. The van der Waals surface area contributed by atoms with E-state index in [2.05, 4.69) is 9.97 Å². The molecule has 0 aliphatic carbocycles. The van der Waals surface area contributed by atoms with Gasteiger partial charge in [0, 0.05) is 29.4 Å². The Labute approximate surface area is 126 Å². The van der Waals surface area contributed by atoms with Gasteiger partial charge in [-0.2, -0.15) is 0 Å². The molecule has 0 aliphatic heterocycles. The van der Waals surface area contributed by atoms with Crippen LogP contribution in [0.25, 0.3) is 0 Å². The third kappa shape index (κ3) is 3.91. The third-order valence-corrected chi connectivity index (χ3v) is 3.40. The molecule has 116 valence electrons. The van der Waals surface area contributed by atoms with Crippen molar-refractivity contribution >= 4 is 19.8 Å². The number of aromatic nitrogens is 4. The van der Waals surface area contributed by atoms with E-state index in [0.717, 1.165) is 0 Å². The summed E-state index contributed by atoms with van der Waals surface area (Å²) in [6.45, 7) is 2.57. The Balaban J connectivity index is 2.07. The molecule has 0 bridgehead atoms. The Morgan fingerprint density at radius 1 is 0.955 bits per heavy atom. The van der Waals surface area contributed by atoms with E-state index in [1.165, 1.54) is 60.4 Å². The third-order valence-electron chi connectivity index (χ3n) is 2.66. The molecule has 0 aliphatic rings. The summed E-state index contributed by atoms with van der Waals surface area (Å²) in [5.74, 6) is -0.765. The molecule has 10 heteroatoms. The summed E-state index contributed by atoms with van der Waals surface area (Å²) in [6.07, 6.45) is 6.33. The lowest BCUT2D eigenvalue weighted by molar-refractivity contribution is -0.130. The maximum atomic E-state index is 12.0. The van der Waals surface area contributed by atoms with E-state index in [-0.39, 0.29) is 11.6 Å². The van der Waals surface area contributed by atoms with E-state index in [1.807, 2.05) is 0 Å². The van der Waals surface area contributed by atoms with Crippen molar-refractivity contribution in [3.63, 3.8) is 0 Å². The van der Waals surface area contributed by atoms with E-state index in [4.69, 9.17) is 9.05 Å². The lowest BCUT2D eigenvalue weighted by Gasteiger charge is -2.10. The number of ketones is 2. The minimum absolute atomic E-state index is 0.382. The Bertz CT molecular complexity index is 599. The maximum absolute atomic E-state index is 12.0. The SMILES string of the molecule is CC(=O)C(O[P+](=O)OC(C(C)=O)n1ccnc1)n1ccnc1. The highest BCUT2D eigenvalue weighted by Gasteiger charge is 2.37. The largest absolute Gasteiger partial charge is 0.702 e. The summed E-state index contributed by atoms with van der Waals surface area (Å²) in [6, 6.07) is 0. The van der Waals surface area contributed by atoms with Crippen LogP contribution >= 0.6 is 8.25 Å². The number of rotatable bonds is 8. The Hall–Kier alpha value is -2.22. The molecule has 0 N–H and O–H groups in total. The first kappa shape index (κ1) is 16.2. The van der Waals surface area contributed by atoms with Gasteiger partial charge in [0.2, 0.25) is 0 Å². The van der Waals surface area contributed by atoms with Crippen molar-refractivity contribution in [2.24, 2.45) is 0 Å². The molecule has 2 heterocycles. The fourth-order valence-corrected chi connectivity index (χ4v) is 2.57. The molecule has 2 aromatic heterocycles. The first-order valence-corrected chi connectivity index (χ1v) is 7.35. The molecule has 0 saturated carbocycles. The average molecular weight is 325 g/mol. The van der Waals surface area contributed by atoms with Crippen LogP contribution in [0.2, 0.25) is 0 Å². The van der Waals surface area contributed by atoms with Gasteiger partial charge in [0.1, 0.15) is 0 Å². The van der Waals surface area contributed by atoms with Crippen molar-refractivity contribution in [1.82, 2.24) is 19.1 Å². The molecule has 2 unspecified atom stereocenters. The number of hydrogen-bond donors (Lipinski definition) is 0. The van der Waals surface area contributed by atoms with Gasteiger partial charge in [-0.3, -0.25) is 9.59 Å². The number of Topliss-reactive ketones (excluding diaryl/α,β-unsaturated/α-hetero) is 2. The van der Waals surface area contributed by atoms with Gasteiger partial charge in [-0.25, -0.2) is 9.97 Å². The van der Waals surface area contributed by atoms with E-state index < -0.39 is 20.7 Å². The highest BCUT2D eigenvalue weighted by molar-refractivity contribution is 7.33. The van der Waals surface area contributed by atoms with Crippen LogP contribution in [0.3, 0.4) is 0 Å². The lowest BCUT2D eigenvalue weighted by atomic mass is 10.4. The van der Waals surface area contributed by atoms with Crippen LogP contribution in [0.5, 0.6) is 0 Å². The highest BCUT2D eigenvalue weighted by atomic mass is 31.1. The van der Waals surface area contributed by atoms with Gasteiger partial charge < -0.3 is 9.13 Å². The lowest BCUT2D eigenvalue weighted by Crippen LogP contribution is -2.19. The summed E-state index contributed by atoms with van der Waals surface area (Å²) in [5.41, 5.74) is 0. The van der Waals surface area contributed by atoms with Crippen molar-refractivity contribution < 1.29 is 23.2 Å². The second kappa shape index (κ2) is 7.17. The number of carbonyl (C=O) groups excluding carboxylic acids is 2.